The minimum Gasteiger partial charge on any atom is -0.462 e. The smallest absolute Gasteiger partial charge is 0.338 e. The van der Waals surface area contributed by atoms with Gasteiger partial charge in [0.15, 0.2) is 0 Å². The second kappa shape index (κ2) is 9.89. The molecular weight excluding hydrogens is 386 g/mol. The van der Waals surface area contributed by atoms with Gasteiger partial charge in [0.25, 0.3) is 0 Å². The number of amides is 1. The summed E-state index contributed by atoms with van der Waals surface area (Å²) in [4.78, 5) is 24.6. The highest BCUT2D eigenvalue weighted by atomic mass is 35.5. The van der Waals surface area contributed by atoms with Gasteiger partial charge in [-0.2, -0.15) is 0 Å². The van der Waals surface area contributed by atoms with E-state index in [1.807, 2.05) is 60.7 Å². The van der Waals surface area contributed by atoms with Gasteiger partial charge in [-0.25, -0.2) is 4.79 Å². The van der Waals surface area contributed by atoms with Gasteiger partial charge in [0.2, 0.25) is 5.91 Å². The molecule has 0 aromatic heterocycles. The first-order chi connectivity index (χ1) is 14.1. The molecule has 5 heteroatoms. The van der Waals surface area contributed by atoms with Gasteiger partial charge in [-0.1, -0.05) is 72.3 Å². The highest BCUT2D eigenvalue weighted by Crippen LogP contribution is 2.29. The maximum Gasteiger partial charge on any atom is 0.338 e. The van der Waals surface area contributed by atoms with Crippen molar-refractivity contribution in [3.8, 4) is 0 Å². The second-order valence-corrected chi connectivity index (χ2v) is 6.95. The first-order valence-corrected chi connectivity index (χ1v) is 9.82. The largest absolute Gasteiger partial charge is 0.462 e. The molecule has 4 nitrogen and oxygen atoms in total. The first-order valence-electron chi connectivity index (χ1n) is 9.45. The number of carbonyl (C=O) groups excluding carboxylic acids is 2. The summed E-state index contributed by atoms with van der Waals surface area (Å²) in [5.74, 6) is -0.677. The van der Waals surface area contributed by atoms with Gasteiger partial charge in [-0.15, -0.1) is 0 Å². The summed E-state index contributed by atoms with van der Waals surface area (Å²) in [5, 5.41) is 3.15. The molecule has 0 saturated carbocycles. The molecule has 0 unspecified atom stereocenters. The molecule has 0 aliphatic rings. The van der Waals surface area contributed by atoms with Crippen LogP contribution in [-0.4, -0.2) is 18.5 Å². The van der Waals surface area contributed by atoms with Crippen LogP contribution in [-0.2, 0) is 9.53 Å². The molecule has 148 valence electrons. The monoisotopic (exact) mass is 407 g/mol. The van der Waals surface area contributed by atoms with Gasteiger partial charge in [-0.05, 0) is 36.2 Å². The summed E-state index contributed by atoms with van der Waals surface area (Å²) in [5.41, 5.74) is 2.95. The molecule has 0 saturated heterocycles. The molecule has 3 rings (SSSR count). The lowest BCUT2D eigenvalue weighted by Crippen LogP contribution is -2.17. The van der Waals surface area contributed by atoms with E-state index in [9.17, 15) is 9.59 Å². The Morgan fingerprint density at radius 1 is 0.931 bits per heavy atom. The average molecular weight is 408 g/mol. The summed E-state index contributed by atoms with van der Waals surface area (Å²) in [6.07, 6.45) is 0.268. The zero-order valence-electron chi connectivity index (χ0n) is 16.1. The van der Waals surface area contributed by atoms with Crippen molar-refractivity contribution >= 4 is 29.2 Å². The number of halogens is 1. The lowest BCUT2D eigenvalue weighted by Gasteiger charge is -2.18. The normalized spacial score (nSPS) is 10.6. The van der Waals surface area contributed by atoms with Gasteiger partial charge in [0.1, 0.15) is 0 Å². The van der Waals surface area contributed by atoms with Crippen molar-refractivity contribution in [2.45, 2.75) is 19.3 Å². The van der Waals surface area contributed by atoms with E-state index in [1.54, 1.807) is 19.1 Å². The standard InChI is InChI=1S/C24H22ClNO3/c1-2-29-24(28)19-13-14-22(21(25)15-19)26-23(27)16-20(17-9-5-3-6-10-17)18-11-7-4-8-12-18/h3-15,20H,2,16H2,1H3,(H,26,27). The number of hydrogen-bond acceptors (Lipinski definition) is 3. The zero-order chi connectivity index (χ0) is 20.6. The minimum absolute atomic E-state index is 0.0741. The molecule has 3 aromatic carbocycles. The van der Waals surface area contributed by atoms with Gasteiger partial charge in [0, 0.05) is 12.3 Å². The third kappa shape index (κ3) is 5.46. The molecule has 0 aliphatic carbocycles. The Morgan fingerprint density at radius 2 is 1.52 bits per heavy atom. The summed E-state index contributed by atoms with van der Waals surface area (Å²) in [7, 11) is 0. The van der Waals surface area contributed by atoms with E-state index in [2.05, 4.69) is 5.32 Å². The van der Waals surface area contributed by atoms with Crippen molar-refractivity contribution in [3.63, 3.8) is 0 Å². The van der Waals surface area contributed by atoms with Crippen molar-refractivity contribution in [3.05, 3.63) is 101 Å². The van der Waals surface area contributed by atoms with Crippen LogP contribution in [0.15, 0.2) is 78.9 Å². The summed E-state index contributed by atoms with van der Waals surface area (Å²) < 4.78 is 4.97. The highest BCUT2D eigenvalue weighted by molar-refractivity contribution is 6.34. The summed E-state index contributed by atoms with van der Waals surface area (Å²) in [6.45, 7) is 2.03. The maximum atomic E-state index is 12.8. The van der Waals surface area contributed by atoms with Gasteiger partial charge in [0.05, 0.1) is 22.9 Å². The fourth-order valence-corrected chi connectivity index (χ4v) is 3.37. The van der Waals surface area contributed by atoms with Crippen molar-refractivity contribution in [2.75, 3.05) is 11.9 Å². The Hall–Kier alpha value is -3.11. The van der Waals surface area contributed by atoms with E-state index in [0.29, 0.717) is 16.3 Å². The third-order valence-corrected chi connectivity index (χ3v) is 4.86. The highest BCUT2D eigenvalue weighted by Gasteiger charge is 2.19. The molecule has 0 aliphatic heterocycles. The summed E-state index contributed by atoms with van der Waals surface area (Å²) >= 11 is 6.27. The van der Waals surface area contributed by atoms with Crippen LogP contribution in [0.5, 0.6) is 0 Å². The van der Waals surface area contributed by atoms with Crippen LogP contribution in [0.3, 0.4) is 0 Å². The number of hydrogen-bond donors (Lipinski definition) is 1. The number of ether oxygens (including phenoxy) is 1. The Labute approximate surface area is 175 Å². The third-order valence-electron chi connectivity index (χ3n) is 4.55. The zero-order valence-corrected chi connectivity index (χ0v) is 16.9. The van der Waals surface area contributed by atoms with Gasteiger partial charge < -0.3 is 10.1 Å². The number of anilines is 1. The molecule has 0 fully saturated rings. The number of carbonyl (C=O) groups is 2. The van der Waals surface area contributed by atoms with Crippen LogP contribution >= 0.6 is 11.6 Å². The number of nitrogens with one attached hydrogen (secondary N) is 1. The Bertz CT molecular complexity index is 934. The van der Waals surface area contributed by atoms with Crippen molar-refractivity contribution in [1.29, 1.82) is 0 Å². The molecule has 0 radical (unpaired) electrons. The van der Waals surface area contributed by atoms with E-state index in [-0.39, 0.29) is 24.9 Å². The SMILES string of the molecule is CCOC(=O)c1ccc(NC(=O)CC(c2ccccc2)c2ccccc2)c(Cl)c1. The van der Waals surface area contributed by atoms with Crippen molar-refractivity contribution in [1.82, 2.24) is 0 Å². The van der Waals surface area contributed by atoms with Crippen LogP contribution in [0.25, 0.3) is 0 Å². The Balaban J connectivity index is 1.76. The van der Waals surface area contributed by atoms with E-state index in [0.717, 1.165) is 11.1 Å². The van der Waals surface area contributed by atoms with Crippen LogP contribution in [0.1, 0.15) is 40.7 Å². The molecule has 0 spiro atoms. The first kappa shape index (κ1) is 20.6. The van der Waals surface area contributed by atoms with Gasteiger partial charge in [-0.3, -0.25) is 4.79 Å². The lowest BCUT2D eigenvalue weighted by molar-refractivity contribution is -0.116. The molecule has 29 heavy (non-hydrogen) atoms. The van der Waals surface area contributed by atoms with Crippen LogP contribution < -0.4 is 5.32 Å². The van der Waals surface area contributed by atoms with Crippen molar-refractivity contribution < 1.29 is 14.3 Å². The Morgan fingerprint density at radius 3 is 2.03 bits per heavy atom. The van der Waals surface area contributed by atoms with E-state index in [4.69, 9.17) is 16.3 Å². The lowest BCUT2D eigenvalue weighted by atomic mass is 9.88. The predicted molar refractivity (Wildman–Crippen MR) is 115 cm³/mol. The molecule has 1 N–H and O–H groups in total. The van der Waals surface area contributed by atoms with E-state index < -0.39 is 5.97 Å². The Kier molecular flexibility index (Phi) is 7.04. The van der Waals surface area contributed by atoms with Crippen LogP contribution in [0, 0.1) is 0 Å². The topological polar surface area (TPSA) is 55.4 Å². The second-order valence-electron chi connectivity index (χ2n) is 6.54. The molecular formula is C24H22ClNO3. The van der Waals surface area contributed by atoms with Crippen LogP contribution in [0.4, 0.5) is 5.69 Å². The maximum absolute atomic E-state index is 12.8. The fraction of sp³-hybridized carbons (Fsp3) is 0.167. The number of rotatable bonds is 7. The van der Waals surface area contributed by atoms with Crippen molar-refractivity contribution in [2.24, 2.45) is 0 Å². The predicted octanol–water partition coefficient (Wildman–Crippen LogP) is 5.68. The van der Waals surface area contributed by atoms with E-state index >= 15 is 0 Å². The number of benzene rings is 3. The molecule has 0 atom stereocenters. The van der Waals surface area contributed by atoms with Gasteiger partial charge >= 0.3 is 5.97 Å². The average Bonchev–Trinajstić information content (AvgIpc) is 2.75. The minimum atomic E-state index is -0.444. The molecule has 3 aromatic rings. The molecule has 0 heterocycles. The number of esters is 1. The fourth-order valence-electron chi connectivity index (χ4n) is 3.14. The van der Waals surface area contributed by atoms with E-state index in [1.165, 1.54) is 6.07 Å². The summed E-state index contributed by atoms with van der Waals surface area (Å²) in [6, 6.07) is 24.6. The molecule has 0 bridgehead atoms. The molecule has 1 amide bonds. The quantitative estimate of drug-likeness (QED) is 0.513. The van der Waals surface area contributed by atoms with Crippen LogP contribution in [0.2, 0.25) is 5.02 Å².